The first kappa shape index (κ1) is 13.3. The fraction of sp³-hybridized carbons (Fsp3) is 0.500. The van der Waals surface area contributed by atoms with E-state index in [0.29, 0.717) is 16.9 Å². The molecule has 0 aliphatic heterocycles. The van der Waals surface area contributed by atoms with E-state index in [4.69, 9.17) is 4.74 Å². The van der Waals surface area contributed by atoms with Crippen molar-refractivity contribution in [3.05, 3.63) is 21.7 Å². The Morgan fingerprint density at radius 1 is 1.44 bits per heavy atom. The van der Waals surface area contributed by atoms with Gasteiger partial charge in [0.2, 0.25) is 0 Å². The number of benzene rings is 1. The van der Waals surface area contributed by atoms with Crippen LogP contribution < -0.4 is 4.74 Å². The molecule has 0 bridgehead atoms. The standard InChI is InChI=1S/C12H17BrO3/c1-7-10(15)8(12(2,3)6-14)5-9(13)11(7)16-4/h5,14-15H,6H2,1-4H3. The largest absolute Gasteiger partial charge is 0.507 e. The monoisotopic (exact) mass is 288 g/mol. The molecule has 0 saturated carbocycles. The van der Waals surface area contributed by atoms with Crippen molar-refractivity contribution in [1.29, 1.82) is 0 Å². The Morgan fingerprint density at radius 3 is 2.44 bits per heavy atom. The van der Waals surface area contributed by atoms with E-state index in [1.165, 1.54) is 0 Å². The van der Waals surface area contributed by atoms with E-state index in [1.807, 2.05) is 13.8 Å². The van der Waals surface area contributed by atoms with Gasteiger partial charge < -0.3 is 14.9 Å². The smallest absolute Gasteiger partial charge is 0.139 e. The molecule has 0 aliphatic carbocycles. The molecule has 1 rings (SSSR count). The van der Waals surface area contributed by atoms with Gasteiger partial charge in [-0.25, -0.2) is 0 Å². The normalized spacial score (nSPS) is 11.6. The summed E-state index contributed by atoms with van der Waals surface area (Å²) in [5, 5.41) is 19.4. The fourth-order valence-corrected chi connectivity index (χ4v) is 2.29. The maximum absolute atomic E-state index is 10.1. The highest BCUT2D eigenvalue weighted by molar-refractivity contribution is 9.10. The van der Waals surface area contributed by atoms with Gasteiger partial charge in [0.15, 0.2) is 0 Å². The van der Waals surface area contributed by atoms with E-state index in [1.54, 1.807) is 20.1 Å². The molecule has 0 unspecified atom stereocenters. The van der Waals surface area contributed by atoms with Crippen LogP contribution in [0.5, 0.6) is 11.5 Å². The van der Waals surface area contributed by atoms with E-state index >= 15 is 0 Å². The van der Waals surface area contributed by atoms with Crippen molar-refractivity contribution in [2.24, 2.45) is 0 Å². The molecule has 0 spiro atoms. The maximum atomic E-state index is 10.1. The van der Waals surface area contributed by atoms with Gasteiger partial charge in [-0.2, -0.15) is 0 Å². The van der Waals surface area contributed by atoms with Gasteiger partial charge in [0.1, 0.15) is 11.5 Å². The van der Waals surface area contributed by atoms with Crippen LogP contribution in [-0.4, -0.2) is 23.9 Å². The zero-order chi connectivity index (χ0) is 12.5. The maximum Gasteiger partial charge on any atom is 0.139 e. The summed E-state index contributed by atoms with van der Waals surface area (Å²) in [7, 11) is 1.56. The van der Waals surface area contributed by atoms with Crippen molar-refractivity contribution < 1.29 is 14.9 Å². The summed E-state index contributed by atoms with van der Waals surface area (Å²) >= 11 is 3.40. The van der Waals surface area contributed by atoms with Crippen molar-refractivity contribution >= 4 is 15.9 Å². The SMILES string of the molecule is COc1c(Br)cc(C(C)(C)CO)c(O)c1C. The number of halogens is 1. The van der Waals surface area contributed by atoms with Crippen LogP contribution in [0.4, 0.5) is 0 Å². The zero-order valence-electron chi connectivity index (χ0n) is 9.97. The van der Waals surface area contributed by atoms with Gasteiger partial charge in [0.05, 0.1) is 18.2 Å². The molecular weight excluding hydrogens is 272 g/mol. The molecule has 1 aromatic carbocycles. The molecule has 0 amide bonds. The Kier molecular flexibility index (Phi) is 3.86. The molecule has 0 atom stereocenters. The second-order valence-corrected chi connectivity index (χ2v) is 5.31. The highest BCUT2D eigenvalue weighted by Crippen LogP contribution is 2.41. The first-order chi connectivity index (χ1) is 7.35. The number of aromatic hydroxyl groups is 1. The van der Waals surface area contributed by atoms with Crippen LogP contribution in [0.3, 0.4) is 0 Å². The minimum absolute atomic E-state index is 0.0290. The third-order valence-corrected chi connectivity index (χ3v) is 3.36. The van der Waals surface area contributed by atoms with E-state index in [-0.39, 0.29) is 12.4 Å². The van der Waals surface area contributed by atoms with Crippen molar-refractivity contribution in [2.45, 2.75) is 26.2 Å². The lowest BCUT2D eigenvalue weighted by molar-refractivity contribution is 0.215. The predicted octanol–water partition coefficient (Wildman–Crippen LogP) is 2.74. The molecular formula is C12H17BrO3. The van der Waals surface area contributed by atoms with Gasteiger partial charge in [-0.3, -0.25) is 0 Å². The molecule has 2 N–H and O–H groups in total. The molecule has 16 heavy (non-hydrogen) atoms. The Bertz CT molecular complexity index is 400. The van der Waals surface area contributed by atoms with Crippen LogP contribution in [0.1, 0.15) is 25.0 Å². The van der Waals surface area contributed by atoms with Gasteiger partial charge in [0, 0.05) is 16.5 Å². The van der Waals surface area contributed by atoms with Crippen molar-refractivity contribution in [1.82, 2.24) is 0 Å². The van der Waals surface area contributed by atoms with Gasteiger partial charge in [-0.05, 0) is 28.9 Å². The molecule has 0 aliphatic rings. The molecule has 90 valence electrons. The first-order valence-corrected chi connectivity index (χ1v) is 5.82. The molecule has 1 aromatic rings. The number of phenols is 1. The van der Waals surface area contributed by atoms with Gasteiger partial charge in [0.25, 0.3) is 0 Å². The van der Waals surface area contributed by atoms with Gasteiger partial charge >= 0.3 is 0 Å². The Morgan fingerprint density at radius 2 is 2.00 bits per heavy atom. The Balaban J connectivity index is 3.45. The average molecular weight is 289 g/mol. The lowest BCUT2D eigenvalue weighted by Crippen LogP contribution is -2.22. The summed E-state index contributed by atoms with van der Waals surface area (Å²) in [6, 6.07) is 1.79. The minimum Gasteiger partial charge on any atom is -0.507 e. The summed E-state index contributed by atoms with van der Waals surface area (Å²) in [6.45, 7) is 5.51. The molecule has 0 radical (unpaired) electrons. The summed E-state index contributed by atoms with van der Waals surface area (Å²) < 4.78 is 5.97. The molecule has 4 heteroatoms. The predicted molar refractivity (Wildman–Crippen MR) is 67.2 cm³/mol. The zero-order valence-corrected chi connectivity index (χ0v) is 11.6. The molecule has 0 aromatic heterocycles. The number of ether oxygens (including phenoxy) is 1. The van der Waals surface area contributed by atoms with Crippen molar-refractivity contribution in [2.75, 3.05) is 13.7 Å². The van der Waals surface area contributed by atoms with Gasteiger partial charge in [-0.15, -0.1) is 0 Å². The number of aliphatic hydroxyl groups is 1. The highest BCUT2D eigenvalue weighted by Gasteiger charge is 2.26. The van der Waals surface area contributed by atoms with Crippen LogP contribution >= 0.6 is 15.9 Å². The summed E-state index contributed by atoms with van der Waals surface area (Å²) in [5.74, 6) is 0.800. The van der Waals surface area contributed by atoms with E-state index in [0.717, 1.165) is 4.47 Å². The van der Waals surface area contributed by atoms with Gasteiger partial charge in [-0.1, -0.05) is 13.8 Å². The lowest BCUT2D eigenvalue weighted by atomic mass is 9.84. The second kappa shape index (κ2) is 4.63. The number of methoxy groups -OCH3 is 1. The molecule has 0 saturated heterocycles. The van der Waals surface area contributed by atoms with E-state index in [2.05, 4.69) is 15.9 Å². The lowest BCUT2D eigenvalue weighted by Gasteiger charge is -2.25. The minimum atomic E-state index is -0.483. The highest BCUT2D eigenvalue weighted by atomic mass is 79.9. The van der Waals surface area contributed by atoms with Crippen molar-refractivity contribution in [3.8, 4) is 11.5 Å². The summed E-state index contributed by atoms with van der Waals surface area (Å²) in [5.41, 5.74) is 0.900. The van der Waals surface area contributed by atoms with E-state index in [9.17, 15) is 10.2 Å². The summed E-state index contributed by atoms with van der Waals surface area (Å²) in [6.07, 6.45) is 0. The Labute approximate surface area is 104 Å². The topological polar surface area (TPSA) is 49.7 Å². The number of hydrogen-bond donors (Lipinski definition) is 2. The third-order valence-electron chi connectivity index (χ3n) is 2.77. The number of aliphatic hydroxyl groups excluding tert-OH is 1. The second-order valence-electron chi connectivity index (χ2n) is 4.45. The first-order valence-electron chi connectivity index (χ1n) is 5.02. The van der Waals surface area contributed by atoms with Crippen molar-refractivity contribution in [3.63, 3.8) is 0 Å². The van der Waals surface area contributed by atoms with Crippen LogP contribution in [-0.2, 0) is 5.41 Å². The van der Waals surface area contributed by atoms with Crippen LogP contribution in [0.15, 0.2) is 10.5 Å². The Hall–Kier alpha value is -0.740. The van der Waals surface area contributed by atoms with Crippen LogP contribution in [0.25, 0.3) is 0 Å². The number of rotatable bonds is 3. The molecule has 0 fully saturated rings. The van der Waals surface area contributed by atoms with E-state index < -0.39 is 5.41 Å². The number of phenolic OH excluding ortho intramolecular Hbond substituents is 1. The average Bonchev–Trinajstić information content (AvgIpc) is 2.24. The van der Waals surface area contributed by atoms with Crippen LogP contribution in [0.2, 0.25) is 0 Å². The quantitative estimate of drug-likeness (QED) is 0.899. The van der Waals surface area contributed by atoms with Crippen LogP contribution in [0, 0.1) is 6.92 Å². The molecule has 3 nitrogen and oxygen atoms in total. The summed E-state index contributed by atoms with van der Waals surface area (Å²) in [4.78, 5) is 0. The number of hydrogen-bond acceptors (Lipinski definition) is 3. The molecule has 0 heterocycles. The third kappa shape index (κ3) is 2.18. The fourth-order valence-electron chi connectivity index (χ4n) is 1.60.